The fourth-order valence-electron chi connectivity index (χ4n) is 10.0. The zero-order chi connectivity index (χ0) is 42.7. The van der Waals surface area contributed by atoms with Gasteiger partial charge in [-0.15, -0.1) is 0 Å². The zero-order valence-electron chi connectivity index (χ0n) is 34.0. The molecule has 1 aromatic heterocycles. The lowest BCUT2D eigenvalue weighted by molar-refractivity contribution is -0.164. The fraction of sp³-hybridized carbons (Fsp3) is 0.488. The lowest BCUT2D eigenvalue weighted by Gasteiger charge is -2.63. The molecular weight excluding hydrogens is 793 g/mol. The number of amides is 5. The number of rotatable bonds is 9. The lowest BCUT2D eigenvalue weighted by Crippen LogP contribution is -2.74. The number of carbonyl (C=O) groups is 5. The largest absolute Gasteiger partial charge is 0.489 e. The molecule has 0 bridgehead atoms. The predicted molar refractivity (Wildman–Crippen MR) is 218 cm³/mol. The third kappa shape index (κ3) is 7.42. The summed E-state index contributed by atoms with van der Waals surface area (Å²) in [4.78, 5) is 80.3. The summed E-state index contributed by atoms with van der Waals surface area (Å²) in [6.07, 6.45) is 4.63. The SMILES string of the molecule is CC1(C)C(NC(=O)c2cnc(N3CCN(CC4CCN(c5cc6c(cc5F)C(=O)N(C5CCC(=O)NC5=O)C6=O)CC4)CC3)cn2)C(C)(C)C1Oc1ccc(C#N)c(Cl)c1. The Morgan fingerprint density at radius 3 is 2.23 bits per heavy atom. The van der Waals surface area contributed by atoms with Gasteiger partial charge >= 0.3 is 0 Å². The third-order valence-corrected chi connectivity index (χ3v) is 13.3. The van der Waals surface area contributed by atoms with Crippen LogP contribution in [0.4, 0.5) is 15.9 Å². The number of fused-ring (bicyclic) bond motifs is 1. The molecule has 0 radical (unpaired) electrons. The minimum absolute atomic E-state index is 0.0111. The molecule has 1 saturated carbocycles. The van der Waals surface area contributed by atoms with Crippen LogP contribution in [0, 0.1) is 33.9 Å². The van der Waals surface area contributed by atoms with Gasteiger partial charge in [0.15, 0.2) is 0 Å². The Bertz CT molecular complexity index is 2280. The van der Waals surface area contributed by atoms with Gasteiger partial charge in [-0.2, -0.15) is 5.26 Å². The minimum atomic E-state index is -1.11. The van der Waals surface area contributed by atoms with Gasteiger partial charge in [0.25, 0.3) is 17.7 Å². The molecular formula is C43H47ClFN9O6. The second-order valence-corrected chi connectivity index (χ2v) is 18.0. The van der Waals surface area contributed by atoms with Gasteiger partial charge in [0, 0.05) is 75.2 Å². The van der Waals surface area contributed by atoms with Crippen LogP contribution in [-0.4, -0.2) is 113 Å². The van der Waals surface area contributed by atoms with Crippen molar-refractivity contribution < 1.29 is 33.1 Å². The number of carbonyl (C=O) groups excluding carboxylic acids is 5. The molecule has 5 heterocycles. The molecule has 1 unspecified atom stereocenters. The van der Waals surface area contributed by atoms with Gasteiger partial charge in [0.1, 0.15) is 41.3 Å². The highest BCUT2D eigenvalue weighted by Crippen LogP contribution is 2.55. The number of ether oxygens (including phenoxy) is 1. The smallest absolute Gasteiger partial charge is 0.271 e. The molecule has 3 aromatic rings. The number of nitrogens with one attached hydrogen (secondary N) is 2. The van der Waals surface area contributed by atoms with Crippen molar-refractivity contribution in [1.29, 1.82) is 5.26 Å². The van der Waals surface area contributed by atoms with Gasteiger partial charge in [-0.3, -0.25) is 39.1 Å². The van der Waals surface area contributed by atoms with Crippen molar-refractivity contribution in [2.45, 2.75) is 71.6 Å². The first kappa shape index (κ1) is 41.1. The number of aromatic nitrogens is 2. The molecule has 314 valence electrons. The van der Waals surface area contributed by atoms with Crippen LogP contribution in [-0.2, 0) is 9.59 Å². The number of hydrogen-bond acceptors (Lipinski definition) is 12. The van der Waals surface area contributed by atoms with Crippen LogP contribution < -0.4 is 25.2 Å². The Labute approximate surface area is 352 Å². The van der Waals surface area contributed by atoms with E-state index in [2.05, 4.69) is 36.5 Å². The van der Waals surface area contributed by atoms with Crippen LogP contribution in [0.2, 0.25) is 5.02 Å². The molecule has 15 nitrogen and oxygen atoms in total. The van der Waals surface area contributed by atoms with E-state index in [-0.39, 0.29) is 53.4 Å². The van der Waals surface area contributed by atoms with Crippen molar-refractivity contribution in [2.75, 3.05) is 55.6 Å². The summed E-state index contributed by atoms with van der Waals surface area (Å²) in [5.41, 5.74) is 0.0311. The maximum atomic E-state index is 15.5. The molecule has 2 N–H and O–H groups in total. The van der Waals surface area contributed by atoms with Crippen molar-refractivity contribution >= 4 is 52.6 Å². The summed E-state index contributed by atoms with van der Waals surface area (Å²) >= 11 is 6.23. The maximum absolute atomic E-state index is 15.5. The van der Waals surface area contributed by atoms with Crippen LogP contribution in [0.3, 0.4) is 0 Å². The summed E-state index contributed by atoms with van der Waals surface area (Å²) in [5, 5.41) is 14.9. The Morgan fingerprint density at radius 2 is 1.62 bits per heavy atom. The van der Waals surface area contributed by atoms with Gasteiger partial charge in [0.05, 0.1) is 39.8 Å². The van der Waals surface area contributed by atoms with Crippen LogP contribution in [0.15, 0.2) is 42.7 Å². The minimum Gasteiger partial charge on any atom is -0.489 e. The molecule has 8 rings (SSSR count). The second-order valence-electron chi connectivity index (χ2n) is 17.6. The average molecular weight is 840 g/mol. The van der Waals surface area contributed by atoms with E-state index in [1.165, 1.54) is 12.3 Å². The highest BCUT2D eigenvalue weighted by atomic mass is 35.5. The summed E-state index contributed by atoms with van der Waals surface area (Å²) in [6, 6.07) is 8.26. The number of anilines is 2. The number of nitriles is 1. The van der Waals surface area contributed by atoms with Crippen molar-refractivity contribution in [3.05, 3.63) is 75.9 Å². The number of piperidine rings is 2. The molecule has 4 fully saturated rings. The molecule has 60 heavy (non-hydrogen) atoms. The lowest BCUT2D eigenvalue weighted by atomic mass is 9.49. The first-order valence-corrected chi connectivity index (χ1v) is 20.7. The van der Waals surface area contributed by atoms with Crippen LogP contribution in [0.5, 0.6) is 5.75 Å². The van der Waals surface area contributed by atoms with E-state index >= 15 is 4.39 Å². The van der Waals surface area contributed by atoms with Crippen molar-refractivity contribution in [3.63, 3.8) is 0 Å². The molecule has 5 amide bonds. The number of benzene rings is 2. The van der Waals surface area contributed by atoms with Gasteiger partial charge < -0.3 is 19.9 Å². The first-order valence-electron chi connectivity index (χ1n) is 20.3. The topological polar surface area (TPSA) is 181 Å². The fourth-order valence-corrected chi connectivity index (χ4v) is 10.2. The van der Waals surface area contributed by atoms with E-state index in [9.17, 15) is 29.2 Å². The molecule has 3 saturated heterocycles. The number of hydrogen-bond donors (Lipinski definition) is 2. The molecule has 5 aliphatic rings. The van der Waals surface area contributed by atoms with Crippen molar-refractivity contribution in [3.8, 4) is 11.8 Å². The zero-order valence-corrected chi connectivity index (χ0v) is 34.7. The van der Waals surface area contributed by atoms with Crippen LogP contribution in [0.25, 0.3) is 0 Å². The Morgan fingerprint density at radius 1 is 0.933 bits per heavy atom. The van der Waals surface area contributed by atoms with E-state index < -0.39 is 46.3 Å². The van der Waals surface area contributed by atoms with Gasteiger partial charge in [0.2, 0.25) is 11.8 Å². The monoisotopic (exact) mass is 839 g/mol. The Balaban J connectivity index is 0.800. The third-order valence-electron chi connectivity index (χ3n) is 13.0. The molecule has 17 heteroatoms. The summed E-state index contributed by atoms with van der Waals surface area (Å²) in [5.74, 6) is -1.78. The summed E-state index contributed by atoms with van der Waals surface area (Å²) in [6.45, 7) is 13.4. The first-order chi connectivity index (χ1) is 28.6. The van der Waals surface area contributed by atoms with Crippen molar-refractivity contribution in [1.82, 2.24) is 30.4 Å². The Kier molecular flexibility index (Phi) is 10.8. The van der Waals surface area contributed by atoms with E-state index in [0.29, 0.717) is 41.2 Å². The van der Waals surface area contributed by atoms with Crippen LogP contribution in [0.1, 0.15) is 90.1 Å². The molecule has 1 aliphatic carbocycles. The van der Waals surface area contributed by atoms with E-state index in [1.54, 1.807) is 24.4 Å². The predicted octanol–water partition coefficient (Wildman–Crippen LogP) is 4.19. The maximum Gasteiger partial charge on any atom is 0.271 e. The van der Waals surface area contributed by atoms with Crippen LogP contribution >= 0.6 is 11.6 Å². The molecule has 0 spiro atoms. The van der Waals surface area contributed by atoms with Gasteiger partial charge in [-0.25, -0.2) is 14.4 Å². The normalized spacial score (nSPS) is 24.1. The number of imide groups is 2. The van der Waals surface area contributed by atoms with E-state index in [1.807, 2.05) is 32.6 Å². The highest BCUT2D eigenvalue weighted by Gasteiger charge is 2.64. The number of halogens is 2. The molecule has 2 aromatic carbocycles. The van der Waals surface area contributed by atoms with E-state index in [4.69, 9.17) is 16.3 Å². The number of piperazine rings is 1. The van der Waals surface area contributed by atoms with Gasteiger partial charge in [-0.05, 0) is 49.4 Å². The molecule has 1 atom stereocenters. The average Bonchev–Trinajstić information content (AvgIpc) is 3.46. The standard InChI is InChI=1S/C43H47ClFN9O6/c1-42(2)40(43(3,4)41(42)60-26-6-5-25(20-46)29(44)17-26)50-36(56)31-21-48-34(22-47-31)53-15-13-51(14-16-53)23-24-9-11-52(12-10-24)33-19-28-27(18-30(33)45)38(58)54(39(28)59)32-7-8-35(55)49-37(32)57/h5-6,17-19,21-22,24,32,40-41H,7-16,23H2,1-4H3,(H,50,56)(H,49,55,57). The summed E-state index contributed by atoms with van der Waals surface area (Å²) in [7, 11) is 0. The van der Waals surface area contributed by atoms with Gasteiger partial charge in [-0.1, -0.05) is 39.3 Å². The number of nitrogens with zero attached hydrogens (tertiary/aromatic N) is 7. The second kappa shape index (κ2) is 15.7. The summed E-state index contributed by atoms with van der Waals surface area (Å²) < 4.78 is 21.8. The highest BCUT2D eigenvalue weighted by molar-refractivity contribution is 6.31. The van der Waals surface area contributed by atoms with E-state index in [0.717, 1.165) is 56.5 Å². The quantitative estimate of drug-likeness (QED) is 0.294. The molecule has 4 aliphatic heterocycles. The Hall–Kier alpha value is -5.66. The van der Waals surface area contributed by atoms with Crippen molar-refractivity contribution in [2.24, 2.45) is 16.7 Å².